The van der Waals surface area contributed by atoms with E-state index in [4.69, 9.17) is 0 Å². The monoisotopic (exact) mass is 310 g/mol. The van der Waals surface area contributed by atoms with Gasteiger partial charge in [-0.2, -0.15) is 0 Å². The Labute approximate surface area is 128 Å². The van der Waals surface area contributed by atoms with Gasteiger partial charge in [0.15, 0.2) is 0 Å². The highest BCUT2D eigenvalue weighted by Gasteiger charge is 2.24. The van der Waals surface area contributed by atoms with Gasteiger partial charge in [0.1, 0.15) is 0 Å². The van der Waals surface area contributed by atoms with Crippen LogP contribution in [0.2, 0.25) is 0 Å². The summed E-state index contributed by atoms with van der Waals surface area (Å²) >= 11 is 0. The second-order valence-electron chi connectivity index (χ2n) is 6.51. The first-order chi connectivity index (χ1) is 9.74. The Kier molecular flexibility index (Phi) is 4.81. The van der Waals surface area contributed by atoms with Gasteiger partial charge in [-0.1, -0.05) is 13.8 Å². The molecule has 3 unspecified atom stereocenters. The molecular weight excluding hydrogens is 284 g/mol. The molecule has 0 saturated heterocycles. The summed E-state index contributed by atoms with van der Waals surface area (Å²) in [7, 11) is -3.22. The molecule has 0 amide bonds. The van der Waals surface area contributed by atoms with Crippen molar-refractivity contribution in [3.05, 3.63) is 23.8 Å². The van der Waals surface area contributed by atoms with Crippen LogP contribution in [0.3, 0.4) is 0 Å². The SMILES string of the molecule is Cc1cc(NC2CCC(C)C(C)C2)ccc1NS(C)(=O)=O. The average Bonchev–Trinajstić information content (AvgIpc) is 2.36. The molecule has 118 valence electrons. The van der Waals surface area contributed by atoms with Gasteiger partial charge in [0.25, 0.3) is 0 Å². The summed E-state index contributed by atoms with van der Waals surface area (Å²) in [4.78, 5) is 0. The Morgan fingerprint density at radius 3 is 2.43 bits per heavy atom. The molecule has 3 atom stereocenters. The Bertz CT molecular complexity index is 598. The van der Waals surface area contributed by atoms with Crippen molar-refractivity contribution in [3.8, 4) is 0 Å². The predicted molar refractivity (Wildman–Crippen MR) is 89.2 cm³/mol. The van der Waals surface area contributed by atoms with Crippen molar-refractivity contribution in [2.24, 2.45) is 11.8 Å². The highest BCUT2D eigenvalue weighted by Crippen LogP contribution is 2.31. The van der Waals surface area contributed by atoms with Crippen molar-refractivity contribution in [2.45, 2.75) is 46.1 Å². The number of nitrogens with one attached hydrogen (secondary N) is 2. The molecule has 0 radical (unpaired) electrons. The lowest BCUT2D eigenvalue weighted by Gasteiger charge is -2.33. The number of aryl methyl sites for hydroxylation is 1. The highest BCUT2D eigenvalue weighted by molar-refractivity contribution is 7.92. The van der Waals surface area contributed by atoms with E-state index in [1.165, 1.54) is 25.5 Å². The van der Waals surface area contributed by atoms with Crippen molar-refractivity contribution in [2.75, 3.05) is 16.3 Å². The zero-order valence-electron chi connectivity index (χ0n) is 13.3. The molecule has 1 fully saturated rings. The minimum absolute atomic E-state index is 0.518. The number of benzene rings is 1. The average molecular weight is 310 g/mol. The summed E-state index contributed by atoms with van der Waals surface area (Å²) < 4.78 is 25.1. The highest BCUT2D eigenvalue weighted by atomic mass is 32.2. The minimum atomic E-state index is -3.22. The first-order valence-electron chi connectivity index (χ1n) is 7.59. The fraction of sp³-hybridized carbons (Fsp3) is 0.625. The van der Waals surface area contributed by atoms with E-state index in [0.29, 0.717) is 11.7 Å². The number of hydrogen-bond acceptors (Lipinski definition) is 3. The molecule has 1 aliphatic carbocycles. The molecule has 0 aliphatic heterocycles. The second kappa shape index (κ2) is 6.26. The molecule has 0 heterocycles. The normalized spacial score (nSPS) is 26.4. The molecule has 5 heteroatoms. The molecule has 2 N–H and O–H groups in total. The maximum Gasteiger partial charge on any atom is 0.229 e. The Balaban J connectivity index is 2.04. The van der Waals surface area contributed by atoms with Gasteiger partial charge in [-0.15, -0.1) is 0 Å². The molecular formula is C16H26N2O2S. The lowest BCUT2D eigenvalue weighted by atomic mass is 9.79. The molecule has 1 saturated carbocycles. The number of hydrogen-bond donors (Lipinski definition) is 2. The minimum Gasteiger partial charge on any atom is -0.382 e. The van der Waals surface area contributed by atoms with Crippen LogP contribution in [-0.4, -0.2) is 20.7 Å². The standard InChI is InChI=1S/C16H26N2O2S/c1-11-5-6-14(9-12(11)2)17-15-7-8-16(13(3)10-15)18-21(4,19)20/h7-8,10-12,14,17-18H,5-6,9H2,1-4H3. The van der Waals surface area contributed by atoms with Crippen molar-refractivity contribution in [1.29, 1.82) is 0 Å². The summed E-state index contributed by atoms with van der Waals surface area (Å²) in [5.74, 6) is 1.56. The molecule has 4 nitrogen and oxygen atoms in total. The van der Waals surface area contributed by atoms with Gasteiger partial charge in [0.05, 0.1) is 11.9 Å². The molecule has 21 heavy (non-hydrogen) atoms. The van der Waals surface area contributed by atoms with E-state index >= 15 is 0 Å². The third kappa shape index (κ3) is 4.63. The molecule has 1 aromatic rings. The smallest absolute Gasteiger partial charge is 0.229 e. The van der Waals surface area contributed by atoms with Crippen molar-refractivity contribution in [1.82, 2.24) is 0 Å². The molecule has 0 spiro atoms. The second-order valence-corrected chi connectivity index (χ2v) is 8.26. The van der Waals surface area contributed by atoms with E-state index in [9.17, 15) is 8.42 Å². The maximum absolute atomic E-state index is 11.3. The van der Waals surface area contributed by atoms with E-state index in [1.54, 1.807) is 0 Å². The van der Waals surface area contributed by atoms with E-state index in [2.05, 4.69) is 23.9 Å². The van der Waals surface area contributed by atoms with Gasteiger partial charge < -0.3 is 5.32 Å². The van der Waals surface area contributed by atoms with Gasteiger partial charge in [-0.25, -0.2) is 8.42 Å². The van der Waals surface area contributed by atoms with Crippen LogP contribution in [0.4, 0.5) is 11.4 Å². The van der Waals surface area contributed by atoms with Crippen molar-refractivity contribution >= 4 is 21.4 Å². The lowest BCUT2D eigenvalue weighted by molar-refractivity contribution is 0.261. The van der Waals surface area contributed by atoms with Crippen LogP contribution in [-0.2, 0) is 10.0 Å². The Morgan fingerprint density at radius 2 is 1.86 bits per heavy atom. The fourth-order valence-electron chi connectivity index (χ4n) is 2.98. The van der Waals surface area contributed by atoms with Gasteiger partial charge in [0.2, 0.25) is 10.0 Å². The van der Waals surface area contributed by atoms with Gasteiger partial charge in [-0.05, 0) is 61.8 Å². The molecule has 1 aromatic carbocycles. The van der Waals surface area contributed by atoms with Crippen LogP contribution >= 0.6 is 0 Å². The van der Waals surface area contributed by atoms with Gasteiger partial charge >= 0.3 is 0 Å². The molecule has 1 aliphatic rings. The molecule has 2 rings (SSSR count). The number of rotatable bonds is 4. The van der Waals surface area contributed by atoms with Crippen molar-refractivity contribution in [3.63, 3.8) is 0 Å². The van der Waals surface area contributed by atoms with Crippen LogP contribution in [0.1, 0.15) is 38.7 Å². The first-order valence-corrected chi connectivity index (χ1v) is 9.48. The zero-order chi connectivity index (χ0) is 15.6. The van der Waals surface area contributed by atoms with Crippen LogP contribution in [0.5, 0.6) is 0 Å². The molecule has 0 aromatic heterocycles. The third-order valence-corrected chi connectivity index (χ3v) is 5.08. The van der Waals surface area contributed by atoms with E-state index in [0.717, 1.165) is 23.1 Å². The number of anilines is 2. The Hall–Kier alpha value is -1.23. The van der Waals surface area contributed by atoms with E-state index in [-0.39, 0.29) is 0 Å². The van der Waals surface area contributed by atoms with Crippen LogP contribution < -0.4 is 10.0 Å². The molecule has 0 bridgehead atoms. The summed E-state index contributed by atoms with van der Waals surface area (Å²) in [6, 6.07) is 6.30. The van der Waals surface area contributed by atoms with Crippen LogP contribution in [0.15, 0.2) is 18.2 Å². The maximum atomic E-state index is 11.3. The van der Waals surface area contributed by atoms with E-state index < -0.39 is 10.0 Å². The lowest BCUT2D eigenvalue weighted by Crippen LogP contribution is -2.30. The summed E-state index contributed by atoms with van der Waals surface area (Å²) in [5.41, 5.74) is 2.65. The van der Waals surface area contributed by atoms with Gasteiger partial charge in [-0.3, -0.25) is 4.72 Å². The number of sulfonamides is 1. The van der Waals surface area contributed by atoms with Crippen LogP contribution in [0.25, 0.3) is 0 Å². The summed E-state index contributed by atoms with van der Waals surface area (Å²) in [6.45, 7) is 6.57. The Morgan fingerprint density at radius 1 is 1.14 bits per heavy atom. The first kappa shape index (κ1) is 16.1. The van der Waals surface area contributed by atoms with Crippen molar-refractivity contribution < 1.29 is 8.42 Å². The largest absolute Gasteiger partial charge is 0.382 e. The van der Waals surface area contributed by atoms with E-state index in [1.807, 2.05) is 25.1 Å². The van der Waals surface area contributed by atoms with Gasteiger partial charge in [0, 0.05) is 11.7 Å². The topological polar surface area (TPSA) is 58.2 Å². The quantitative estimate of drug-likeness (QED) is 0.893. The van der Waals surface area contributed by atoms with Crippen LogP contribution in [0, 0.1) is 18.8 Å². The fourth-order valence-corrected chi connectivity index (χ4v) is 3.61. The predicted octanol–water partition coefficient (Wildman–Crippen LogP) is 3.60. The summed E-state index contributed by atoms with van der Waals surface area (Å²) in [5, 5.41) is 3.59. The summed E-state index contributed by atoms with van der Waals surface area (Å²) in [6.07, 6.45) is 4.84. The zero-order valence-corrected chi connectivity index (χ0v) is 14.1. The third-order valence-electron chi connectivity index (χ3n) is 4.49.